The Hall–Kier alpha value is -2.66. The van der Waals surface area contributed by atoms with Crippen molar-refractivity contribution in [1.82, 2.24) is 10.3 Å². The molecule has 1 atom stereocenters. The molecule has 0 radical (unpaired) electrons. The number of carbonyl (C=O) groups excluding carboxylic acids is 1. The van der Waals surface area contributed by atoms with Gasteiger partial charge in [-0.3, -0.25) is 4.79 Å². The van der Waals surface area contributed by atoms with Crippen molar-refractivity contribution in [2.75, 3.05) is 7.11 Å². The Morgan fingerprint density at radius 2 is 1.88 bits per heavy atom. The van der Waals surface area contributed by atoms with Crippen LogP contribution in [0.3, 0.4) is 0 Å². The Morgan fingerprint density at radius 1 is 1.16 bits per heavy atom. The lowest BCUT2D eigenvalue weighted by Gasteiger charge is -2.17. The van der Waals surface area contributed by atoms with E-state index in [4.69, 9.17) is 4.74 Å². The fourth-order valence-corrected chi connectivity index (χ4v) is 3.49. The van der Waals surface area contributed by atoms with Crippen molar-refractivity contribution < 1.29 is 9.53 Å². The van der Waals surface area contributed by atoms with E-state index in [-0.39, 0.29) is 18.4 Å². The Labute approximate surface area is 151 Å². The number of nitrogens with one attached hydrogen (secondary N) is 1. The highest BCUT2D eigenvalue weighted by Crippen LogP contribution is 2.25. The van der Waals surface area contributed by atoms with E-state index in [1.54, 1.807) is 18.4 Å². The molecule has 128 valence electrons. The van der Waals surface area contributed by atoms with E-state index in [2.05, 4.69) is 10.3 Å². The molecule has 0 aliphatic rings. The van der Waals surface area contributed by atoms with Crippen molar-refractivity contribution in [1.29, 1.82) is 0 Å². The van der Waals surface area contributed by atoms with Crippen molar-refractivity contribution in [2.24, 2.45) is 0 Å². The predicted octanol–water partition coefficient (Wildman–Crippen LogP) is 4.24. The van der Waals surface area contributed by atoms with Gasteiger partial charge in [-0.1, -0.05) is 48.5 Å². The first kappa shape index (κ1) is 17.2. The monoisotopic (exact) mass is 352 g/mol. The average Bonchev–Trinajstić information content (AvgIpc) is 3.10. The summed E-state index contributed by atoms with van der Waals surface area (Å²) in [7, 11) is 1.63. The van der Waals surface area contributed by atoms with Crippen LogP contribution >= 0.6 is 11.3 Å². The first-order valence-electron chi connectivity index (χ1n) is 8.09. The predicted molar refractivity (Wildman–Crippen MR) is 101 cm³/mol. The van der Waals surface area contributed by atoms with Crippen molar-refractivity contribution in [3.63, 3.8) is 0 Å². The zero-order valence-corrected chi connectivity index (χ0v) is 15.0. The summed E-state index contributed by atoms with van der Waals surface area (Å²) < 4.78 is 5.36. The second kappa shape index (κ2) is 7.94. The van der Waals surface area contributed by atoms with E-state index >= 15 is 0 Å². The first-order chi connectivity index (χ1) is 12.2. The molecule has 3 rings (SSSR count). The molecular weight excluding hydrogens is 332 g/mol. The fourth-order valence-electron chi connectivity index (χ4n) is 2.66. The Kier molecular flexibility index (Phi) is 5.46. The molecule has 3 aromatic rings. The van der Waals surface area contributed by atoms with Crippen LogP contribution in [0.25, 0.3) is 10.6 Å². The van der Waals surface area contributed by atoms with E-state index in [1.165, 1.54) is 0 Å². The van der Waals surface area contributed by atoms with E-state index < -0.39 is 0 Å². The topological polar surface area (TPSA) is 51.2 Å². The standard InChI is InChI=1S/C20H20N2O2S/c1-14(17-10-6-7-11-18(17)24-2)21-19(23)12-16-13-25-20(22-16)15-8-4-3-5-9-15/h3-11,13-14H,12H2,1-2H3,(H,21,23). The van der Waals surface area contributed by atoms with Crippen LogP contribution in [-0.2, 0) is 11.2 Å². The number of nitrogens with zero attached hydrogens (tertiary/aromatic N) is 1. The summed E-state index contributed by atoms with van der Waals surface area (Å²) in [6.45, 7) is 1.95. The highest BCUT2D eigenvalue weighted by Gasteiger charge is 2.15. The van der Waals surface area contributed by atoms with Gasteiger partial charge in [0.05, 0.1) is 25.3 Å². The van der Waals surface area contributed by atoms with Gasteiger partial charge in [0.2, 0.25) is 5.91 Å². The quantitative estimate of drug-likeness (QED) is 0.722. The largest absolute Gasteiger partial charge is 0.496 e. The molecule has 1 N–H and O–H groups in total. The summed E-state index contributed by atoms with van der Waals surface area (Å²) in [5, 5.41) is 5.89. The molecule has 0 aliphatic heterocycles. The van der Waals surface area contributed by atoms with E-state index in [9.17, 15) is 4.79 Å². The van der Waals surface area contributed by atoms with Crippen LogP contribution in [-0.4, -0.2) is 18.0 Å². The highest BCUT2D eigenvalue weighted by atomic mass is 32.1. The molecule has 25 heavy (non-hydrogen) atoms. The molecule has 2 aromatic carbocycles. The molecular formula is C20H20N2O2S. The number of thiazole rings is 1. The minimum Gasteiger partial charge on any atom is -0.496 e. The molecule has 0 aliphatic carbocycles. The Bertz CT molecular complexity index is 846. The van der Waals surface area contributed by atoms with Gasteiger partial charge >= 0.3 is 0 Å². The highest BCUT2D eigenvalue weighted by molar-refractivity contribution is 7.13. The molecule has 1 aromatic heterocycles. The number of carbonyl (C=O) groups is 1. The lowest BCUT2D eigenvalue weighted by Crippen LogP contribution is -2.28. The summed E-state index contributed by atoms with van der Waals surface area (Å²) in [5.41, 5.74) is 2.82. The molecule has 1 heterocycles. The van der Waals surface area contributed by atoms with Crippen molar-refractivity contribution in [3.05, 3.63) is 71.2 Å². The summed E-state index contributed by atoms with van der Waals surface area (Å²) in [5.74, 6) is 0.721. The van der Waals surface area contributed by atoms with Gasteiger partial charge in [0, 0.05) is 16.5 Å². The molecule has 1 amide bonds. The lowest BCUT2D eigenvalue weighted by atomic mass is 10.1. The second-order valence-corrected chi connectivity index (χ2v) is 6.58. The van der Waals surface area contributed by atoms with Crippen LogP contribution in [0.5, 0.6) is 5.75 Å². The molecule has 0 saturated carbocycles. The maximum absolute atomic E-state index is 12.4. The van der Waals surface area contributed by atoms with Gasteiger partial charge < -0.3 is 10.1 Å². The minimum absolute atomic E-state index is 0.0525. The zero-order chi connectivity index (χ0) is 17.6. The van der Waals surface area contributed by atoms with Crippen LogP contribution in [0.2, 0.25) is 0 Å². The Balaban J connectivity index is 1.64. The van der Waals surface area contributed by atoms with Crippen molar-refractivity contribution in [3.8, 4) is 16.3 Å². The van der Waals surface area contributed by atoms with Gasteiger partial charge in [-0.05, 0) is 13.0 Å². The third-order valence-electron chi connectivity index (χ3n) is 3.90. The number of para-hydroxylation sites is 1. The number of methoxy groups -OCH3 is 1. The Morgan fingerprint density at radius 3 is 2.64 bits per heavy atom. The summed E-state index contributed by atoms with van der Waals surface area (Å²) in [6, 6.07) is 17.6. The molecule has 0 bridgehead atoms. The molecule has 1 unspecified atom stereocenters. The maximum Gasteiger partial charge on any atom is 0.226 e. The molecule has 5 heteroatoms. The summed E-state index contributed by atoms with van der Waals surface area (Å²) in [4.78, 5) is 16.9. The molecule has 0 fully saturated rings. The lowest BCUT2D eigenvalue weighted by molar-refractivity contribution is -0.121. The van der Waals surface area contributed by atoms with E-state index in [1.807, 2.05) is 66.9 Å². The first-order valence-corrected chi connectivity index (χ1v) is 8.97. The van der Waals surface area contributed by atoms with Crippen LogP contribution < -0.4 is 10.1 Å². The van der Waals surface area contributed by atoms with Gasteiger partial charge in [0.25, 0.3) is 0 Å². The smallest absolute Gasteiger partial charge is 0.226 e. The fraction of sp³-hybridized carbons (Fsp3) is 0.200. The average molecular weight is 352 g/mol. The van der Waals surface area contributed by atoms with Gasteiger partial charge in [-0.15, -0.1) is 11.3 Å². The van der Waals surface area contributed by atoms with E-state index in [0.717, 1.165) is 27.6 Å². The zero-order valence-electron chi connectivity index (χ0n) is 14.2. The number of rotatable bonds is 6. The number of amides is 1. The molecule has 4 nitrogen and oxygen atoms in total. The van der Waals surface area contributed by atoms with Gasteiger partial charge in [-0.25, -0.2) is 4.98 Å². The van der Waals surface area contributed by atoms with Crippen LogP contribution in [0.15, 0.2) is 60.0 Å². The number of aromatic nitrogens is 1. The summed E-state index contributed by atoms with van der Waals surface area (Å²) >= 11 is 1.55. The van der Waals surface area contributed by atoms with Crippen molar-refractivity contribution >= 4 is 17.2 Å². The third-order valence-corrected chi connectivity index (χ3v) is 4.84. The number of hydrogen-bond acceptors (Lipinski definition) is 4. The van der Waals surface area contributed by atoms with Gasteiger partial charge in [0.15, 0.2) is 0 Å². The maximum atomic E-state index is 12.4. The molecule has 0 spiro atoms. The SMILES string of the molecule is COc1ccccc1C(C)NC(=O)Cc1csc(-c2ccccc2)n1. The van der Waals surface area contributed by atoms with Crippen LogP contribution in [0.4, 0.5) is 0 Å². The number of ether oxygens (including phenoxy) is 1. The minimum atomic E-state index is -0.129. The molecule has 0 saturated heterocycles. The van der Waals surface area contributed by atoms with Gasteiger partial charge in [0.1, 0.15) is 10.8 Å². The van der Waals surface area contributed by atoms with Crippen LogP contribution in [0, 0.1) is 0 Å². The van der Waals surface area contributed by atoms with Gasteiger partial charge in [-0.2, -0.15) is 0 Å². The number of hydrogen-bond donors (Lipinski definition) is 1. The number of benzene rings is 2. The third kappa shape index (κ3) is 4.25. The van der Waals surface area contributed by atoms with Crippen molar-refractivity contribution in [2.45, 2.75) is 19.4 Å². The normalized spacial score (nSPS) is 11.8. The van der Waals surface area contributed by atoms with Crippen LogP contribution in [0.1, 0.15) is 24.2 Å². The summed E-state index contributed by atoms with van der Waals surface area (Å²) in [6.07, 6.45) is 0.267. The second-order valence-electron chi connectivity index (χ2n) is 5.72. The van der Waals surface area contributed by atoms with E-state index in [0.29, 0.717) is 0 Å².